The molecule has 0 fully saturated rings. The van der Waals surface area contributed by atoms with Gasteiger partial charge in [-0.3, -0.25) is 0 Å². The highest BCUT2D eigenvalue weighted by Gasteiger charge is 2.02. The number of hydrogen-bond donors (Lipinski definition) is 3. The van der Waals surface area contributed by atoms with Crippen LogP contribution < -0.4 is 5.32 Å². The maximum absolute atomic E-state index is 8.97. The Kier molecular flexibility index (Phi) is 4.24. The highest BCUT2D eigenvalue weighted by atomic mass is 35.5. The zero-order chi connectivity index (χ0) is 9.68. The number of furan rings is 1. The molecule has 74 valence electrons. The van der Waals surface area contributed by atoms with Crippen LogP contribution in [-0.4, -0.2) is 29.5 Å². The Labute approximate surface area is 81.1 Å². The molecule has 1 aromatic rings. The monoisotopic (exact) mass is 205 g/mol. The summed E-state index contributed by atoms with van der Waals surface area (Å²) in [6.45, 7) is 0.574. The predicted molar refractivity (Wildman–Crippen MR) is 48.5 cm³/mol. The summed E-state index contributed by atoms with van der Waals surface area (Å²) in [4.78, 5) is 0. The van der Waals surface area contributed by atoms with E-state index in [2.05, 4.69) is 5.32 Å². The van der Waals surface area contributed by atoms with Gasteiger partial charge >= 0.3 is 0 Å². The van der Waals surface area contributed by atoms with Crippen LogP contribution in [0.15, 0.2) is 16.5 Å². The fourth-order valence-corrected chi connectivity index (χ4v) is 1.04. The van der Waals surface area contributed by atoms with Gasteiger partial charge in [-0.25, -0.2) is 0 Å². The van der Waals surface area contributed by atoms with Gasteiger partial charge in [-0.05, 0) is 23.7 Å². The van der Waals surface area contributed by atoms with Gasteiger partial charge in [0.1, 0.15) is 5.76 Å². The second-order valence-corrected chi connectivity index (χ2v) is 3.05. The molecule has 1 unspecified atom stereocenters. The van der Waals surface area contributed by atoms with E-state index >= 15 is 0 Å². The number of nitrogens with one attached hydrogen (secondary N) is 1. The van der Waals surface area contributed by atoms with Gasteiger partial charge in [0, 0.05) is 6.54 Å². The highest BCUT2D eigenvalue weighted by molar-refractivity contribution is 6.28. The average molecular weight is 206 g/mol. The summed E-state index contributed by atoms with van der Waals surface area (Å²) in [6, 6.07) is 3.40. The van der Waals surface area contributed by atoms with Gasteiger partial charge < -0.3 is 19.9 Å². The first-order chi connectivity index (χ1) is 6.22. The molecule has 13 heavy (non-hydrogen) atoms. The van der Waals surface area contributed by atoms with E-state index in [9.17, 15) is 0 Å². The second kappa shape index (κ2) is 5.24. The zero-order valence-electron chi connectivity index (χ0n) is 7.03. The molecule has 0 saturated carbocycles. The van der Waals surface area contributed by atoms with Crippen LogP contribution in [0.5, 0.6) is 0 Å². The van der Waals surface area contributed by atoms with Crippen molar-refractivity contribution in [1.29, 1.82) is 0 Å². The first kappa shape index (κ1) is 10.5. The van der Waals surface area contributed by atoms with Crippen molar-refractivity contribution in [2.24, 2.45) is 0 Å². The van der Waals surface area contributed by atoms with Crippen molar-refractivity contribution in [3.8, 4) is 0 Å². The summed E-state index contributed by atoms with van der Waals surface area (Å²) >= 11 is 5.55. The van der Waals surface area contributed by atoms with Crippen LogP contribution >= 0.6 is 11.6 Å². The summed E-state index contributed by atoms with van der Waals surface area (Å²) in [5, 5.41) is 20.7. The molecule has 0 amide bonds. The molecule has 0 aromatic carbocycles. The molecule has 3 N–H and O–H groups in total. The molecule has 0 radical (unpaired) electrons. The molecule has 0 saturated heterocycles. The van der Waals surface area contributed by atoms with Crippen LogP contribution in [-0.2, 0) is 6.54 Å². The summed E-state index contributed by atoms with van der Waals surface area (Å²) in [5.74, 6) is 0.704. The smallest absolute Gasteiger partial charge is 0.193 e. The maximum Gasteiger partial charge on any atom is 0.193 e. The molecule has 0 spiro atoms. The topological polar surface area (TPSA) is 65.6 Å². The molecule has 0 bridgehead atoms. The highest BCUT2D eigenvalue weighted by Crippen LogP contribution is 2.12. The van der Waals surface area contributed by atoms with E-state index in [1.165, 1.54) is 0 Å². The molecule has 1 aromatic heterocycles. The van der Waals surface area contributed by atoms with Crippen molar-refractivity contribution in [3.05, 3.63) is 23.1 Å². The SMILES string of the molecule is OCC(O)CNCc1ccc(Cl)o1. The number of aliphatic hydroxyl groups excluding tert-OH is 2. The third-order valence-electron chi connectivity index (χ3n) is 1.52. The Morgan fingerprint density at radius 2 is 2.31 bits per heavy atom. The van der Waals surface area contributed by atoms with Gasteiger partial charge in [0.05, 0.1) is 19.3 Å². The van der Waals surface area contributed by atoms with Crippen molar-refractivity contribution >= 4 is 11.6 Å². The van der Waals surface area contributed by atoms with Gasteiger partial charge in [0.15, 0.2) is 5.22 Å². The summed E-state index contributed by atoms with van der Waals surface area (Å²) < 4.78 is 5.06. The van der Waals surface area contributed by atoms with Gasteiger partial charge in [-0.15, -0.1) is 0 Å². The first-order valence-electron chi connectivity index (χ1n) is 3.96. The molecular weight excluding hydrogens is 194 g/mol. The molecule has 5 heteroatoms. The lowest BCUT2D eigenvalue weighted by Crippen LogP contribution is -2.28. The van der Waals surface area contributed by atoms with Crippen molar-refractivity contribution in [2.45, 2.75) is 12.6 Å². The van der Waals surface area contributed by atoms with Crippen LogP contribution in [0, 0.1) is 0 Å². The quantitative estimate of drug-likeness (QED) is 0.650. The fraction of sp³-hybridized carbons (Fsp3) is 0.500. The molecule has 1 rings (SSSR count). The third kappa shape index (κ3) is 3.78. The van der Waals surface area contributed by atoms with Crippen LogP contribution in [0.2, 0.25) is 5.22 Å². The maximum atomic E-state index is 8.97. The van der Waals surface area contributed by atoms with Crippen molar-refractivity contribution < 1.29 is 14.6 Å². The largest absolute Gasteiger partial charge is 0.448 e. The zero-order valence-corrected chi connectivity index (χ0v) is 7.79. The van der Waals surface area contributed by atoms with Gasteiger partial charge in [-0.2, -0.15) is 0 Å². The Morgan fingerprint density at radius 1 is 1.54 bits per heavy atom. The van der Waals surface area contributed by atoms with Crippen LogP contribution in [0.1, 0.15) is 5.76 Å². The molecule has 4 nitrogen and oxygen atoms in total. The van der Waals surface area contributed by atoms with E-state index in [1.807, 2.05) is 0 Å². The van der Waals surface area contributed by atoms with E-state index in [-0.39, 0.29) is 6.61 Å². The predicted octanol–water partition coefficient (Wildman–Crippen LogP) is 0.376. The Balaban J connectivity index is 2.20. The number of rotatable bonds is 5. The molecule has 0 aliphatic rings. The lowest BCUT2D eigenvalue weighted by Gasteiger charge is -2.06. The summed E-state index contributed by atoms with van der Waals surface area (Å²) in [7, 11) is 0. The lowest BCUT2D eigenvalue weighted by molar-refractivity contribution is 0.0938. The van der Waals surface area contributed by atoms with Crippen molar-refractivity contribution in [2.75, 3.05) is 13.2 Å². The fourth-order valence-electron chi connectivity index (χ4n) is 0.873. The third-order valence-corrected chi connectivity index (χ3v) is 1.72. The van der Waals surface area contributed by atoms with E-state index in [0.29, 0.717) is 24.1 Å². The van der Waals surface area contributed by atoms with Gasteiger partial charge in [-0.1, -0.05) is 0 Å². The molecule has 1 atom stereocenters. The van der Waals surface area contributed by atoms with E-state index in [0.717, 1.165) is 0 Å². The minimum Gasteiger partial charge on any atom is -0.448 e. The number of aliphatic hydroxyl groups is 2. The average Bonchev–Trinajstić information content (AvgIpc) is 2.51. The number of halogens is 1. The van der Waals surface area contributed by atoms with Crippen LogP contribution in [0.3, 0.4) is 0 Å². The van der Waals surface area contributed by atoms with Crippen LogP contribution in [0.25, 0.3) is 0 Å². The summed E-state index contributed by atoms with van der Waals surface area (Å²) in [5.41, 5.74) is 0. The molecule has 0 aliphatic heterocycles. The Morgan fingerprint density at radius 3 is 2.85 bits per heavy atom. The lowest BCUT2D eigenvalue weighted by atomic mass is 10.3. The minimum atomic E-state index is -0.731. The van der Waals surface area contributed by atoms with E-state index in [4.69, 9.17) is 26.2 Å². The minimum absolute atomic E-state index is 0.244. The van der Waals surface area contributed by atoms with Crippen molar-refractivity contribution in [1.82, 2.24) is 5.32 Å². The van der Waals surface area contributed by atoms with Crippen molar-refractivity contribution in [3.63, 3.8) is 0 Å². The van der Waals surface area contributed by atoms with Gasteiger partial charge in [0.2, 0.25) is 0 Å². The second-order valence-electron chi connectivity index (χ2n) is 2.67. The Hall–Kier alpha value is -0.550. The van der Waals surface area contributed by atoms with E-state index < -0.39 is 6.10 Å². The first-order valence-corrected chi connectivity index (χ1v) is 4.34. The number of hydrogen-bond acceptors (Lipinski definition) is 4. The summed E-state index contributed by atoms with van der Waals surface area (Å²) in [6.07, 6.45) is -0.731. The molecule has 1 heterocycles. The van der Waals surface area contributed by atoms with E-state index in [1.54, 1.807) is 12.1 Å². The van der Waals surface area contributed by atoms with Gasteiger partial charge in [0.25, 0.3) is 0 Å². The normalized spacial score (nSPS) is 13.2. The van der Waals surface area contributed by atoms with Crippen LogP contribution in [0.4, 0.5) is 0 Å². The molecular formula is C8H12ClNO3. The molecule has 0 aliphatic carbocycles. The standard InChI is InChI=1S/C8H12ClNO3/c9-8-2-1-7(13-8)4-10-3-6(12)5-11/h1-2,6,10-12H,3-5H2. The Bertz CT molecular complexity index is 251.